The number of nitrogens with zero attached hydrogens (tertiary/aromatic N) is 5. The van der Waals surface area contributed by atoms with E-state index in [1.807, 2.05) is 56.5 Å². The van der Waals surface area contributed by atoms with Gasteiger partial charge in [-0.1, -0.05) is 19.1 Å². The molecular formula is C31H34N6O2. The van der Waals surface area contributed by atoms with E-state index in [0.717, 1.165) is 64.6 Å². The molecule has 0 spiro atoms. The van der Waals surface area contributed by atoms with Crippen LogP contribution in [0.4, 0.5) is 5.82 Å². The summed E-state index contributed by atoms with van der Waals surface area (Å²) in [6, 6.07) is 14.2. The van der Waals surface area contributed by atoms with Crippen LogP contribution < -0.4 is 4.90 Å². The molecule has 1 saturated heterocycles. The molecule has 0 radical (unpaired) electrons. The van der Waals surface area contributed by atoms with Gasteiger partial charge in [-0.3, -0.25) is 14.8 Å². The van der Waals surface area contributed by atoms with E-state index < -0.39 is 11.4 Å². The monoisotopic (exact) mass is 522 g/mol. The van der Waals surface area contributed by atoms with Crippen LogP contribution in [0.15, 0.2) is 71.6 Å². The number of carboxylic acids is 1. The smallest absolute Gasteiger partial charge is 0.311 e. The molecule has 1 atom stereocenters. The molecule has 1 aliphatic heterocycles. The van der Waals surface area contributed by atoms with Crippen LogP contribution in [-0.2, 0) is 11.2 Å². The largest absolute Gasteiger partial charge is 0.481 e. The van der Waals surface area contributed by atoms with Crippen molar-refractivity contribution >= 4 is 29.0 Å². The predicted octanol–water partition coefficient (Wildman–Crippen LogP) is 6.31. The lowest BCUT2D eigenvalue weighted by atomic mass is 9.76. The summed E-state index contributed by atoms with van der Waals surface area (Å²) in [7, 11) is 0. The van der Waals surface area contributed by atoms with E-state index in [0.29, 0.717) is 19.4 Å². The molecule has 0 amide bonds. The Morgan fingerprint density at radius 2 is 1.95 bits per heavy atom. The summed E-state index contributed by atoms with van der Waals surface area (Å²) in [4.78, 5) is 36.3. The van der Waals surface area contributed by atoms with E-state index in [4.69, 9.17) is 9.97 Å². The van der Waals surface area contributed by atoms with E-state index in [1.165, 1.54) is 5.56 Å². The Balaban J connectivity index is 1.32. The van der Waals surface area contributed by atoms with E-state index >= 15 is 0 Å². The number of aromatic nitrogens is 4. The van der Waals surface area contributed by atoms with Crippen LogP contribution >= 0.6 is 0 Å². The lowest BCUT2D eigenvalue weighted by Gasteiger charge is -2.40. The van der Waals surface area contributed by atoms with Gasteiger partial charge in [-0.25, -0.2) is 9.97 Å². The summed E-state index contributed by atoms with van der Waals surface area (Å²) in [6.07, 6.45) is 10.0. The number of imidazole rings is 1. The Kier molecular flexibility index (Phi) is 7.54. The van der Waals surface area contributed by atoms with Gasteiger partial charge in [0.05, 0.1) is 22.1 Å². The number of anilines is 1. The number of hydrogen-bond donors (Lipinski definition) is 2. The van der Waals surface area contributed by atoms with Gasteiger partial charge in [0, 0.05) is 54.9 Å². The normalized spacial score (nSPS) is 18.2. The van der Waals surface area contributed by atoms with Crippen molar-refractivity contribution in [3.05, 3.63) is 72.2 Å². The lowest BCUT2D eigenvalue weighted by molar-refractivity contribution is -0.149. The van der Waals surface area contributed by atoms with Crippen molar-refractivity contribution in [1.29, 1.82) is 0 Å². The first-order valence-electron chi connectivity index (χ1n) is 13.5. The van der Waals surface area contributed by atoms with Crippen molar-refractivity contribution in [3.8, 4) is 22.6 Å². The number of fused-ring (bicyclic) bond motifs is 1. The van der Waals surface area contributed by atoms with Crippen molar-refractivity contribution < 1.29 is 9.90 Å². The molecule has 5 rings (SSSR count). The van der Waals surface area contributed by atoms with E-state index in [2.05, 4.69) is 38.9 Å². The van der Waals surface area contributed by atoms with Gasteiger partial charge in [-0.2, -0.15) is 0 Å². The number of H-pyrrole nitrogens is 1. The summed E-state index contributed by atoms with van der Waals surface area (Å²) >= 11 is 0. The standard InChI is InChI=1S/C31H34N6O2/c1-4-21-8-11-26-27(16-21)36-29(35-26)23-9-12-25(33-19-23)22-10-13-28(34-18-22)37-15-7-14-31(20-37,30(38)39)17-24(5-2)32-6-3/h5-6,8-13,16,18-19H,4,7,14-15,17,20H2,1-3H3,(H,35,36)(H,38,39)/b24-5-,32-6?. The number of benzene rings is 1. The number of aromatic amines is 1. The van der Waals surface area contributed by atoms with Gasteiger partial charge in [-0.15, -0.1) is 0 Å². The van der Waals surface area contributed by atoms with Crippen LogP contribution in [0.25, 0.3) is 33.7 Å². The minimum Gasteiger partial charge on any atom is -0.481 e. The zero-order valence-corrected chi connectivity index (χ0v) is 22.7. The fourth-order valence-corrected chi connectivity index (χ4v) is 5.30. The quantitative estimate of drug-likeness (QED) is 0.263. The number of aliphatic carboxylic acids is 1. The van der Waals surface area contributed by atoms with Crippen LogP contribution in [0.5, 0.6) is 0 Å². The molecule has 200 valence electrons. The van der Waals surface area contributed by atoms with Crippen LogP contribution in [0.2, 0.25) is 0 Å². The minimum absolute atomic E-state index is 0.398. The number of nitrogens with one attached hydrogen (secondary N) is 1. The molecule has 8 nitrogen and oxygen atoms in total. The molecular weight excluding hydrogens is 488 g/mol. The summed E-state index contributed by atoms with van der Waals surface area (Å²) in [5.74, 6) is 0.785. The van der Waals surface area contributed by atoms with Crippen LogP contribution in [0.3, 0.4) is 0 Å². The molecule has 0 saturated carbocycles. The first-order chi connectivity index (χ1) is 18.9. The maximum Gasteiger partial charge on any atom is 0.311 e. The molecule has 2 N–H and O–H groups in total. The molecule has 4 aromatic rings. The SMILES string of the molecule is CC=N/C(=C\C)CC1(C(=O)O)CCCN(c2ccc(-c3ccc(-c4nc5ccc(CC)cc5[nH]4)cn3)cn2)C1. The third-order valence-corrected chi connectivity index (χ3v) is 7.54. The zero-order chi connectivity index (χ0) is 27.4. The summed E-state index contributed by atoms with van der Waals surface area (Å²) in [5.41, 5.74) is 5.78. The topological polar surface area (TPSA) is 107 Å². The first-order valence-corrected chi connectivity index (χ1v) is 13.5. The van der Waals surface area contributed by atoms with Crippen molar-refractivity contribution in [2.75, 3.05) is 18.0 Å². The lowest BCUT2D eigenvalue weighted by Crippen LogP contribution is -2.48. The average molecular weight is 523 g/mol. The number of piperidine rings is 1. The van der Waals surface area contributed by atoms with E-state index in [-0.39, 0.29) is 0 Å². The number of pyridine rings is 2. The molecule has 39 heavy (non-hydrogen) atoms. The summed E-state index contributed by atoms with van der Waals surface area (Å²) in [6.45, 7) is 7.06. The molecule has 1 aromatic carbocycles. The maximum absolute atomic E-state index is 12.4. The van der Waals surface area contributed by atoms with Gasteiger partial charge in [0.15, 0.2) is 0 Å². The highest BCUT2D eigenvalue weighted by molar-refractivity contribution is 5.80. The second-order valence-electron chi connectivity index (χ2n) is 10.1. The van der Waals surface area contributed by atoms with Crippen molar-refractivity contribution in [3.63, 3.8) is 0 Å². The Bertz CT molecular complexity index is 1520. The Morgan fingerprint density at radius 1 is 1.13 bits per heavy atom. The molecule has 0 aliphatic carbocycles. The molecule has 1 fully saturated rings. The molecule has 1 unspecified atom stereocenters. The predicted molar refractivity (Wildman–Crippen MR) is 156 cm³/mol. The first kappa shape index (κ1) is 26.3. The third-order valence-electron chi connectivity index (χ3n) is 7.54. The number of allylic oxidation sites excluding steroid dienone is 2. The fourth-order valence-electron chi connectivity index (χ4n) is 5.30. The fraction of sp³-hybridized carbons (Fsp3) is 0.323. The van der Waals surface area contributed by atoms with Crippen LogP contribution in [-0.4, -0.2) is 50.3 Å². The highest BCUT2D eigenvalue weighted by atomic mass is 16.4. The number of carboxylic acid groups (broad SMARTS) is 1. The number of aliphatic imine (C=N–C) groups is 1. The number of hydrogen-bond acceptors (Lipinski definition) is 6. The van der Waals surface area contributed by atoms with Crippen LogP contribution in [0, 0.1) is 5.41 Å². The second-order valence-corrected chi connectivity index (χ2v) is 10.1. The number of carbonyl (C=O) groups is 1. The Labute approximate surface area is 228 Å². The van der Waals surface area contributed by atoms with Gasteiger partial charge >= 0.3 is 5.97 Å². The summed E-state index contributed by atoms with van der Waals surface area (Å²) < 4.78 is 0. The van der Waals surface area contributed by atoms with Crippen molar-refractivity contribution in [1.82, 2.24) is 19.9 Å². The van der Waals surface area contributed by atoms with E-state index in [1.54, 1.807) is 12.4 Å². The Hall–Kier alpha value is -4.33. The average Bonchev–Trinajstić information content (AvgIpc) is 3.40. The number of aryl methyl sites for hydroxylation is 1. The van der Waals surface area contributed by atoms with Gasteiger partial charge in [0.1, 0.15) is 11.6 Å². The van der Waals surface area contributed by atoms with E-state index in [9.17, 15) is 9.90 Å². The van der Waals surface area contributed by atoms with Crippen LogP contribution in [0.1, 0.15) is 45.6 Å². The second kappa shape index (κ2) is 11.2. The van der Waals surface area contributed by atoms with Crippen molar-refractivity contribution in [2.45, 2.75) is 46.5 Å². The maximum atomic E-state index is 12.4. The highest BCUT2D eigenvalue weighted by Crippen LogP contribution is 2.38. The van der Waals surface area contributed by atoms with Gasteiger partial charge < -0.3 is 15.0 Å². The summed E-state index contributed by atoms with van der Waals surface area (Å²) in [5, 5.41) is 10.2. The van der Waals surface area contributed by atoms with Gasteiger partial charge in [0.25, 0.3) is 0 Å². The molecule has 8 heteroatoms. The van der Waals surface area contributed by atoms with Gasteiger partial charge in [0.2, 0.25) is 0 Å². The zero-order valence-electron chi connectivity index (χ0n) is 22.7. The molecule has 3 aromatic heterocycles. The Morgan fingerprint density at radius 3 is 2.62 bits per heavy atom. The molecule has 1 aliphatic rings. The number of rotatable bonds is 8. The molecule has 0 bridgehead atoms. The highest BCUT2D eigenvalue weighted by Gasteiger charge is 2.43. The minimum atomic E-state index is -0.890. The third kappa shape index (κ3) is 5.46. The van der Waals surface area contributed by atoms with Gasteiger partial charge in [-0.05, 0) is 75.1 Å². The van der Waals surface area contributed by atoms with Crippen molar-refractivity contribution in [2.24, 2.45) is 10.4 Å². The molecule has 4 heterocycles.